The smallest absolute Gasteiger partial charge is 0.345 e. The second-order valence-corrected chi connectivity index (χ2v) is 24.6. The van der Waals surface area contributed by atoms with Gasteiger partial charge in [0.25, 0.3) is 0 Å². The lowest BCUT2D eigenvalue weighted by atomic mass is 9.92. The minimum Gasteiger partial charge on any atom is -0.345 e. The third-order valence-electron chi connectivity index (χ3n) is 8.35. The first-order valence-corrected chi connectivity index (χ1v) is 21.8. The maximum Gasteiger partial charge on any atom is 0.399 e. The average molecular weight is 598 g/mol. The lowest BCUT2D eigenvalue weighted by Crippen LogP contribution is -2.77. The summed E-state index contributed by atoms with van der Waals surface area (Å²) in [4.78, 5) is 0. The summed E-state index contributed by atoms with van der Waals surface area (Å²) in [6.07, 6.45) is 3.84. The average Bonchev–Trinajstić information content (AvgIpc) is 3.31. The molecule has 4 rings (SSSR count). The maximum absolute atomic E-state index is 7.14. The van der Waals surface area contributed by atoms with Crippen LogP contribution < -0.4 is 4.57 Å². The summed E-state index contributed by atoms with van der Waals surface area (Å²) in [6, 6.07) is 6.83. The van der Waals surface area contributed by atoms with Crippen molar-refractivity contribution < 1.29 is 0 Å². The first-order chi connectivity index (χ1) is 16.9. The third kappa shape index (κ3) is 5.07. The van der Waals surface area contributed by atoms with Crippen molar-refractivity contribution in [2.24, 2.45) is 11.8 Å². The van der Waals surface area contributed by atoms with E-state index in [4.69, 9.17) is 22.2 Å². The Kier molecular flexibility index (Phi) is 8.29. The highest BCUT2D eigenvalue weighted by Gasteiger charge is 2.65. The molecule has 2 fully saturated rings. The molecule has 1 aromatic carbocycles. The van der Waals surface area contributed by atoms with Crippen LogP contribution >= 0.6 is 30.4 Å². The quantitative estimate of drug-likeness (QED) is 0.184. The lowest BCUT2D eigenvalue weighted by molar-refractivity contribution is 0.240. The summed E-state index contributed by atoms with van der Waals surface area (Å²) in [6.45, 7) is 28.9. The maximum atomic E-state index is 7.14. The molecule has 2 unspecified atom stereocenters. The molecule has 1 aromatic rings. The number of hydrogen-bond acceptors (Lipinski definition) is 3. The van der Waals surface area contributed by atoms with Crippen LogP contribution in [0, 0.1) is 11.8 Å². The number of anilines is 1. The monoisotopic (exact) mass is 596 g/mol. The molecule has 2 atom stereocenters. The Balaban J connectivity index is 2.01. The molecule has 1 heterocycles. The van der Waals surface area contributed by atoms with E-state index >= 15 is 0 Å². The first kappa shape index (κ1) is 30.1. The van der Waals surface area contributed by atoms with Crippen LogP contribution in [0.1, 0.15) is 111 Å². The van der Waals surface area contributed by atoms with Gasteiger partial charge in [-0.25, -0.2) is 0 Å². The number of rotatable bonds is 6. The van der Waals surface area contributed by atoms with Gasteiger partial charge in [0.1, 0.15) is 0 Å². The SMILES string of the molecule is CC(C)c1cccc(C(C)C)c1N(C1=C(P2N(C(C)(C)C)[Si](C)(C)N2C(C)(C)C)C2CCC1C2)[Si](Cl)Cl. The van der Waals surface area contributed by atoms with Gasteiger partial charge in [0.2, 0.25) is 8.40 Å². The van der Waals surface area contributed by atoms with E-state index in [9.17, 15) is 0 Å². The van der Waals surface area contributed by atoms with Gasteiger partial charge in [0, 0.05) is 27.8 Å². The van der Waals surface area contributed by atoms with Gasteiger partial charge in [0.05, 0.1) is 8.22 Å². The molecule has 37 heavy (non-hydrogen) atoms. The molecule has 2 bridgehead atoms. The van der Waals surface area contributed by atoms with Gasteiger partial charge >= 0.3 is 7.58 Å². The van der Waals surface area contributed by atoms with Crippen LogP contribution in [0.5, 0.6) is 0 Å². The molecule has 2 aliphatic carbocycles. The molecule has 1 aliphatic heterocycles. The number of halogens is 2. The topological polar surface area (TPSA) is 9.72 Å². The van der Waals surface area contributed by atoms with E-state index in [0.717, 1.165) is 0 Å². The molecule has 0 spiro atoms. The summed E-state index contributed by atoms with van der Waals surface area (Å²) in [5.41, 5.74) is 5.82. The van der Waals surface area contributed by atoms with Gasteiger partial charge < -0.3 is 4.57 Å². The van der Waals surface area contributed by atoms with Crippen LogP contribution in [0.25, 0.3) is 0 Å². The van der Waals surface area contributed by atoms with Gasteiger partial charge in [-0.1, -0.05) is 45.9 Å². The van der Waals surface area contributed by atoms with Crippen LogP contribution in [0.3, 0.4) is 0 Å². The summed E-state index contributed by atoms with van der Waals surface area (Å²) in [5, 5.41) is 1.69. The Hall–Kier alpha value is 0.124. The molecule has 3 aliphatic rings. The number of para-hydroxylation sites is 1. The fourth-order valence-electron chi connectivity index (χ4n) is 7.56. The Morgan fingerprint density at radius 3 is 1.76 bits per heavy atom. The summed E-state index contributed by atoms with van der Waals surface area (Å²) in [7, 11) is -4.18. The van der Waals surface area contributed by atoms with Crippen molar-refractivity contribution in [3.8, 4) is 0 Å². The van der Waals surface area contributed by atoms with Crippen molar-refractivity contribution in [2.75, 3.05) is 4.57 Å². The molecular weight excluding hydrogens is 548 g/mol. The van der Waals surface area contributed by atoms with Crippen molar-refractivity contribution in [3.63, 3.8) is 0 Å². The highest BCUT2D eigenvalue weighted by atomic mass is 35.7. The fourth-order valence-corrected chi connectivity index (χ4v) is 20.7. The molecule has 0 amide bonds. The van der Waals surface area contributed by atoms with Gasteiger partial charge in [-0.15, -0.1) is 22.2 Å². The van der Waals surface area contributed by atoms with Crippen molar-refractivity contribution in [1.29, 1.82) is 0 Å². The molecule has 1 saturated heterocycles. The fraction of sp³-hybridized carbons (Fsp3) is 0.724. The molecule has 8 heteroatoms. The molecule has 1 radical (unpaired) electrons. The van der Waals surface area contributed by atoms with Crippen molar-refractivity contribution in [1.82, 2.24) is 8.67 Å². The van der Waals surface area contributed by atoms with E-state index in [1.807, 2.05) is 0 Å². The van der Waals surface area contributed by atoms with Crippen LogP contribution in [0.2, 0.25) is 13.1 Å². The minimum atomic E-state index is -1.82. The summed E-state index contributed by atoms with van der Waals surface area (Å²) < 4.78 is 8.41. The van der Waals surface area contributed by atoms with Gasteiger partial charge in [-0.05, 0) is 109 Å². The zero-order valence-electron chi connectivity index (χ0n) is 25.2. The Morgan fingerprint density at radius 2 is 1.35 bits per heavy atom. The second kappa shape index (κ2) is 10.2. The molecule has 1 saturated carbocycles. The highest BCUT2D eigenvalue weighted by Crippen LogP contribution is 2.76. The molecular formula is C29H49Cl2N3PSi2. The van der Waals surface area contributed by atoms with Crippen LogP contribution in [-0.2, 0) is 0 Å². The van der Waals surface area contributed by atoms with Crippen molar-refractivity contribution in [3.05, 3.63) is 40.3 Å². The number of nitrogens with zero attached hydrogens (tertiary/aromatic N) is 3. The Morgan fingerprint density at radius 1 is 0.892 bits per heavy atom. The van der Waals surface area contributed by atoms with Crippen LogP contribution in [0.4, 0.5) is 5.69 Å². The van der Waals surface area contributed by atoms with E-state index in [0.29, 0.717) is 23.7 Å². The molecule has 207 valence electrons. The van der Waals surface area contributed by atoms with E-state index in [2.05, 4.69) is 114 Å². The number of allylic oxidation sites excluding steroid dienone is 2. The molecule has 0 aromatic heterocycles. The first-order valence-electron chi connectivity index (χ1n) is 14.2. The zero-order chi connectivity index (χ0) is 27.8. The third-order valence-corrected chi connectivity index (χ3v) is 20.6. The van der Waals surface area contributed by atoms with Gasteiger partial charge in [0.15, 0.2) is 0 Å². The summed E-state index contributed by atoms with van der Waals surface area (Å²) in [5.74, 6) is 2.03. The number of hydrogen-bond donors (Lipinski definition) is 0. The van der Waals surface area contributed by atoms with E-state index < -0.39 is 24.2 Å². The summed E-state index contributed by atoms with van der Waals surface area (Å²) >= 11 is 14.3. The van der Waals surface area contributed by atoms with Crippen LogP contribution in [0.15, 0.2) is 29.2 Å². The van der Waals surface area contributed by atoms with Crippen molar-refractivity contribution >= 4 is 52.0 Å². The minimum absolute atomic E-state index is 0.128. The van der Waals surface area contributed by atoms with Crippen molar-refractivity contribution in [2.45, 2.75) is 125 Å². The van der Waals surface area contributed by atoms with Gasteiger partial charge in [-0.3, -0.25) is 8.67 Å². The second-order valence-electron chi connectivity index (χ2n) is 14.4. The normalized spacial score (nSPS) is 25.2. The Bertz CT molecular complexity index is 1010. The lowest BCUT2D eigenvalue weighted by Gasteiger charge is -2.71. The zero-order valence-corrected chi connectivity index (χ0v) is 29.6. The Labute approximate surface area is 241 Å². The van der Waals surface area contributed by atoms with Gasteiger partial charge in [-0.2, -0.15) is 0 Å². The number of benzene rings is 1. The molecule has 0 N–H and O–H groups in total. The van der Waals surface area contributed by atoms with E-state index in [1.54, 1.807) is 5.31 Å². The van der Waals surface area contributed by atoms with Crippen LogP contribution in [-0.4, -0.2) is 35.7 Å². The largest absolute Gasteiger partial charge is 0.399 e. The van der Waals surface area contributed by atoms with E-state index in [1.165, 1.54) is 41.8 Å². The predicted octanol–water partition coefficient (Wildman–Crippen LogP) is 10.1. The molecule has 3 nitrogen and oxygen atoms in total. The van der Waals surface area contributed by atoms with E-state index in [-0.39, 0.29) is 11.1 Å². The highest BCUT2D eigenvalue weighted by molar-refractivity contribution is 7.66. The predicted molar refractivity (Wildman–Crippen MR) is 170 cm³/mol. The standard InChI is InChI=1S/C29H49Cl2N3PSi2/c1-19(2)23-14-13-15-24(20(3)4)26(23)32(36(30)31)25-21-16-17-22(18-21)27(25)35-33(28(5,6)7)37(11,12)34(35)29(8,9)10/h13-15,19-22H,16-18H2,1-12H3. The number of fused-ring (bicyclic) bond motifs is 2.